The minimum atomic E-state index is -3.70. The number of nitrogens with zero attached hydrogens (tertiary/aromatic N) is 2. The van der Waals surface area contributed by atoms with Crippen molar-refractivity contribution in [2.45, 2.75) is 77.2 Å². The number of hydrogen-bond donors (Lipinski definition) is 3. The topological polar surface area (TPSA) is 164 Å². The second-order valence-electron chi connectivity index (χ2n) is 11.9. The lowest BCUT2D eigenvalue weighted by atomic mass is 10.1. The van der Waals surface area contributed by atoms with Crippen LogP contribution in [0.1, 0.15) is 52.5 Å². The zero-order valence-electron chi connectivity index (χ0n) is 25.5. The zero-order valence-corrected chi connectivity index (χ0v) is 26.4. The van der Waals surface area contributed by atoms with Gasteiger partial charge in [-0.15, -0.1) is 0 Å². The summed E-state index contributed by atoms with van der Waals surface area (Å²) < 4.78 is 43.6. The molecule has 0 spiro atoms. The Balaban J connectivity index is 1.50. The molecule has 0 radical (unpaired) electrons. The van der Waals surface area contributed by atoms with E-state index in [4.69, 9.17) is 14.2 Å². The predicted molar refractivity (Wildman–Crippen MR) is 159 cm³/mol. The maximum absolute atomic E-state index is 13.0. The van der Waals surface area contributed by atoms with E-state index in [1.807, 2.05) is 27.7 Å². The molecule has 242 valence electrons. The third-order valence-electron chi connectivity index (χ3n) is 7.08. The van der Waals surface area contributed by atoms with Crippen molar-refractivity contribution in [3.63, 3.8) is 0 Å². The SMILES string of the molecule is CCCCS(=O)(=O)NC(Cc1ccc(OCC2CN(CCC(C(=O)OC(C)(C)C)N3CCNCC3)C(=O)O2)cc1)C(=O)O. The summed E-state index contributed by atoms with van der Waals surface area (Å²) in [6, 6.07) is 4.92. The molecule has 1 aromatic carbocycles. The predicted octanol–water partition coefficient (Wildman–Crippen LogP) is 1.61. The van der Waals surface area contributed by atoms with E-state index >= 15 is 0 Å². The number of carboxylic acid groups (broad SMARTS) is 1. The van der Waals surface area contributed by atoms with Gasteiger partial charge in [-0.05, 0) is 57.7 Å². The number of benzene rings is 1. The number of amides is 1. The maximum atomic E-state index is 13.0. The average molecular weight is 627 g/mol. The lowest BCUT2D eigenvalue weighted by molar-refractivity contribution is -0.162. The van der Waals surface area contributed by atoms with Crippen molar-refractivity contribution < 1.29 is 42.1 Å². The molecule has 1 amide bonds. The van der Waals surface area contributed by atoms with Gasteiger partial charge in [0.15, 0.2) is 6.10 Å². The fourth-order valence-corrected chi connectivity index (χ4v) is 6.28. The van der Waals surface area contributed by atoms with Crippen LogP contribution in [-0.2, 0) is 35.5 Å². The van der Waals surface area contributed by atoms with Gasteiger partial charge in [0.2, 0.25) is 10.0 Å². The van der Waals surface area contributed by atoms with Crippen molar-refractivity contribution in [3.05, 3.63) is 29.8 Å². The number of carbonyl (C=O) groups excluding carboxylic acids is 2. The van der Waals surface area contributed by atoms with Gasteiger partial charge < -0.3 is 29.5 Å². The van der Waals surface area contributed by atoms with Crippen LogP contribution in [-0.4, -0.2) is 117 Å². The summed E-state index contributed by atoms with van der Waals surface area (Å²) in [5.74, 6) is -1.17. The smallest absolute Gasteiger partial charge is 0.410 e. The second kappa shape index (κ2) is 15.7. The lowest BCUT2D eigenvalue weighted by Gasteiger charge is -2.35. The number of hydrogen-bond acceptors (Lipinski definition) is 10. The molecule has 2 saturated heterocycles. The maximum Gasteiger partial charge on any atom is 0.410 e. The second-order valence-corrected chi connectivity index (χ2v) is 13.8. The molecule has 2 aliphatic rings. The summed E-state index contributed by atoms with van der Waals surface area (Å²) in [6.07, 6.45) is 0.571. The van der Waals surface area contributed by atoms with Gasteiger partial charge in [-0.3, -0.25) is 14.5 Å². The fraction of sp³-hybridized carbons (Fsp3) is 0.690. The Kier molecular flexibility index (Phi) is 12.6. The quantitative estimate of drug-likeness (QED) is 0.228. The molecule has 13 nitrogen and oxygen atoms in total. The summed E-state index contributed by atoms with van der Waals surface area (Å²) in [5.41, 5.74) is 0.0146. The van der Waals surface area contributed by atoms with E-state index in [0.29, 0.717) is 43.7 Å². The molecule has 0 saturated carbocycles. The molecular weight excluding hydrogens is 580 g/mol. The first-order valence-electron chi connectivity index (χ1n) is 14.8. The number of sulfonamides is 1. The van der Waals surface area contributed by atoms with Crippen LogP contribution < -0.4 is 14.8 Å². The molecular formula is C29H46N4O9S. The molecule has 0 aliphatic carbocycles. The van der Waals surface area contributed by atoms with E-state index < -0.39 is 45.9 Å². The average Bonchev–Trinajstić information content (AvgIpc) is 3.29. The molecule has 3 unspecified atom stereocenters. The Labute approximate surface area is 254 Å². The van der Waals surface area contributed by atoms with Gasteiger partial charge in [0.1, 0.15) is 30.0 Å². The van der Waals surface area contributed by atoms with Crippen LogP contribution in [0, 0.1) is 0 Å². The fourth-order valence-electron chi connectivity index (χ4n) is 4.87. The highest BCUT2D eigenvalue weighted by Gasteiger charge is 2.36. The Morgan fingerprint density at radius 1 is 1.19 bits per heavy atom. The molecule has 2 heterocycles. The Bertz CT molecular complexity index is 1180. The largest absolute Gasteiger partial charge is 0.490 e. The number of rotatable bonds is 16. The lowest BCUT2D eigenvalue weighted by Crippen LogP contribution is -2.53. The van der Waals surface area contributed by atoms with Crippen molar-refractivity contribution in [3.8, 4) is 5.75 Å². The third-order valence-corrected chi connectivity index (χ3v) is 8.55. The van der Waals surface area contributed by atoms with E-state index in [9.17, 15) is 27.9 Å². The Morgan fingerprint density at radius 2 is 1.86 bits per heavy atom. The monoisotopic (exact) mass is 626 g/mol. The standard InChI is InChI=1S/C29H46N4O9S/c1-5-6-17-43(38,39)31-24(26(34)35)18-21-7-9-22(10-8-21)40-20-23-19-33(28(37)41-23)14-11-25(27(36)42-29(2,3)4)32-15-12-30-13-16-32/h7-10,23-25,30-31H,5-6,11-20H2,1-4H3,(H,34,35). The number of aliphatic carboxylic acids is 1. The Morgan fingerprint density at radius 3 is 2.47 bits per heavy atom. The Hall–Kier alpha value is -2.94. The number of carboxylic acids is 1. The number of carbonyl (C=O) groups is 3. The van der Waals surface area contributed by atoms with Crippen LogP contribution in [0.3, 0.4) is 0 Å². The van der Waals surface area contributed by atoms with Crippen molar-refractivity contribution in [1.82, 2.24) is 19.8 Å². The molecule has 14 heteroatoms. The number of ether oxygens (including phenoxy) is 3. The van der Waals surface area contributed by atoms with Crippen molar-refractivity contribution in [1.29, 1.82) is 0 Å². The van der Waals surface area contributed by atoms with E-state index in [2.05, 4.69) is 14.9 Å². The van der Waals surface area contributed by atoms with Crippen LogP contribution >= 0.6 is 0 Å². The first-order chi connectivity index (χ1) is 20.3. The van der Waals surface area contributed by atoms with Gasteiger partial charge >= 0.3 is 18.0 Å². The van der Waals surface area contributed by atoms with Crippen LogP contribution in [0.15, 0.2) is 24.3 Å². The van der Waals surface area contributed by atoms with Gasteiger partial charge in [0.25, 0.3) is 0 Å². The number of unbranched alkanes of at least 4 members (excludes halogenated alkanes) is 1. The van der Waals surface area contributed by atoms with Gasteiger partial charge in [0, 0.05) is 32.7 Å². The number of cyclic esters (lactones) is 1. The summed E-state index contributed by atoms with van der Waals surface area (Å²) in [6.45, 7) is 11.1. The van der Waals surface area contributed by atoms with Gasteiger partial charge in [0.05, 0.1) is 12.3 Å². The number of esters is 1. The first-order valence-corrected chi connectivity index (χ1v) is 16.5. The molecule has 3 rings (SSSR count). The highest BCUT2D eigenvalue weighted by atomic mass is 32.2. The van der Waals surface area contributed by atoms with Crippen molar-refractivity contribution >= 4 is 28.1 Å². The summed E-state index contributed by atoms with van der Waals surface area (Å²) in [7, 11) is -3.70. The van der Waals surface area contributed by atoms with E-state index in [0.717, 1.165) is 26.2 Å². The molecule has 2 aliphatic heterocycles. The van der Waals surface area contributed by atoms with E-state index in [1.54, 1.807) is 29.2 Å². The molecule has 3 N–H and O–H groups in total. The molecule has 2 fully saturated rings. The van der Waals surface area contributed by atoms with Crippen LogP contribution in [0.4, 0.5) is 4.79 Å². The molecule has 0 aromatic heterocycles. The molecule has 43 heavy (non-hydrogen) atoms. The molecule has 1 aromatic rings. The van der Waals surface area contributed by atoms with Crippen LogP contribution in [0.2, 0.25) is 0 Å². The first kappa shape index (κ1) is 34.5. The van der Waals surface area contributed by atoms with E-state index in [1.165, 1.54) is 0 Å². The normalized spacial score (nSPS) is 19.5. The van der Waals surface area contributed by atoms with Gasteiger partial charge in [-0.1, -0.05) is 25.5 Å². The number of piperazine rings is 1. The van der Waals surface area contributed by atoms with Gasteiger partial charge in [-0.2, -0.15) is 0 Å². The highest BCUT2D eigenvalue weighted by Crippen LogP contribution is 2.20. The summed E-state index contributed by atoms with van der Waals surface area (Å²) in [4.78, 5) is 40.9. The number of nitrogens with one attached hydrogen (secondary N) is 2. The minimum Gasteiger partial charge on any atom is -0.490 e. The molecule has 0 bridgehead atoms. The van der Waals surface area contributed by atoms with Crippen molar-refractivity contribution in [2.24, 2.45) is 0 Å². The summed E-state index contributed by atoms with van der Waals surface area (Å²) in [5, 5.41) is 12.8. The van der Waals surface area contributed by atoms with Gasteiger partial charge in [-0.25, -0.2) is 17.9 Å². The van der Waals surface area contributed by atoms with Crippen LogP contribution in [0.25, 0.3) is 0 Å². The van der Waals surface area contributed by atoms with Crippen LogP contribution in [0.5, 0.6) is 5.75 Å². The zero-order chi connectivity index (χ0) is 31.6. The van der Waals surface area contributed by atoms with E-state index in [-0.39, 0.29) is 24.7 Å². The summed E-state index contributed by atoms with van der Waals surface area (Å²) >= 11 is 0. The molecule has 3 atom stereocenters. The highest BCUT2D eigenvalue weighted by molar-refractivity contribution is 7.89. The van der Waals surface area contributed by atoms with Crippen molar-refractivity contribution in [2.75, 3.05) is 51.6 Å². The third kappa shape index (κ3) is 11.6. The minimum absolute atomic E-state index is 0.0194.